The van der Waals surface area contributed by atoms with Crippen molar-refractivity contribution in [3.63, 3.8) is 0 Å². The van der Waals surface area contributed by atoms with Gasteiger partial charge >= 0.3 is 0 Å². The Hall–Kier alpha value is -2.43. The van der Waals surface area contributed by atoms with Crippen LogP contribution in [-0.2, 0) is 9.59 Å². The number of hydrogen-bond donors (Lipinski definition) is 1. The molecule has 0 spiro atoms. The van der Waals surface area contributed by atoms with Crippen molar-refractivity contribution in [2.45, 2.75) is 91.6 Å². The zero-order valence-corrected chi connectivity index (χ0v) is 22.8. The topological polar surface area (TPSA) is 66.5 Å². The minimum atomic E-state index is -0.233. The molecule has 36 heavy (non-hydrogen) atoms. The summed E-state index contributed by atoms with van der Waals surface area (Å²) in [5.41, 5.74) is 1.17. The summed E-state index contributed by atoms with van der Waals surface area (Å²) in [6.45, 7) is 12.8. The van der Waals surface area contributed by atoms with Crippen molar-refractivity contribution >= 4 is 17.7 Å². The lowest BCUT2D eigenvalue weighted by atomic mass is 9.47. The largest absolute Gasteiger partial charge is 0.351 e. The van der Waals surface area contributed by atoms with Crippen LogP contribution in [0.4, 0.5) is 0 Å². The van der Waals surface area contributed by atoms with Crippen molar-refractivity contribution < 1.29 is 14.4 Å². The molecule has 3 saturated carbocycles. The normalized spacial score (nSPS) is 37.7. The van der Waals surface area contributed by atoms with E-state index in [4.69, 9.17) is 0 Å². The fraction of sp³-hybridized carbons (Fsp3) is 0.645. The Balaban J connectivity index is 1.42. The molecule has 5 nitrogen and oxygen atoms in total. The minimum absolute atomic E-state index is 0.0188. The summed E-state index contributed by atoms with van der Waals surface area (Å²) < 4.78 is 0. The van der Waals surface area contributed by atoms with Crippen molar-refractivity contribution in [1.29, 1.82) is 0 Å². The van der Waals surface area contributed by atoms with Crippen molar-refractivity contribution in [3.8, 4) is 0 Å². The van der Waals surface area contributed by atoms with E-state index in [0.717, 1.165) is 44.1 Å². The summed E-state index contributed by atoms with van der Waals surface area (Å²) in [5.74, 6) is 1.35. The molecule has 0 bridgehead atoms. The maximum atomic E-state index is 13.6. The van der Waals surface area contributed by atoms with Crippen molar-refractivity contribution in [2.75, 3.05) is 0 Å². The Labute approximate surface area is 216 Å². The van der Waals surface area contributed by atoms with Gasteiger partial charge in [0.05, 0.1) is 0 Å². The molecule has 3 aliphatic carbocycles. The fourth-order valence-corrected chi connectivity index (χ4v) is 8.54. The molecule has 0 radical (unpaired) electrons. The van der Waals surface area contributed by atoms with Gasteiger partial charge in [-0.1, -0.05) is 37.6 Å². The van der Waals surface area contributed by atoms with Crippen LogP contribution in [0.5, 0.6) is 0 Å². The van der Waals surface area contributed by atoms with Crippen molar-refractivity contribution in [2.24, 2.45) is 34.5 Å². The molecule has 5 rings (SSSR count). The molecular weight excluding hydrogens is 448 g/mol. The molecule has 0 aromatic heterocycles. The highest BCUT2D eigenvalue weighted by molar-refractivity contribution is 6.09. The predicted octanol–water partition coefficient (Wildman–Crippen LogP) is 5.68. The van der Waals surface area contributed by atoms with Gasteiger partial charge < -0.3 is 5.32 Å². The smallest absolute Gasteiger partial charge is 0.261 e. The van der Waals surface area contributed by atoms with Gasteiger partial charge in [0, 0.05) is 34.6 Å². The van der Waals surface area contributed by atoms with Gasteiger partial charge in [-0.15, -0.1) is 0 Å². The third kappa shape index (κ3) is 3.94. The lowest BCUT2D eigenvalue weighted by molar-refractivity contribution is -0.141. The van der Waals surface area contributed by atoms with Crippen molar-refractivity contribution in [1.82, 2.24) is 10.2 Å². The van der Waals surface area contributed by atoms with Crippen LogP contribution < -0.4 is 5.32 Å². The standard InChI is InChI=1S/C31H42N2O3/c1-19-8-7-9-20(18-19)28(36)33-25-13-10-21-22-11-12-24(27(35)32-29(2,3)4)30(22,5)16-14-23(21)31(25,6)17-15-26(33)34/h7-9,15,17-18,21-25H,10-14,16H2,1-6H3,(H,32,35)/t21?,22?,23?,24?,25-,30+,31-/m1/s1. The zero-order valence-electron chi connectivity index (χ0n) is 22.8. The van der Waals surface area contributed by atoms with Gasteiger partial charge in [-0.2, -0.15) is 0 Å². The van der Waals surface area contributed by atoms with Gasteiger partial charge in [-0.05, 0) is 102 Å². The average Bonchev–Trinajstić information content (AvgIpc) is 3.15. The molecular formula is C31H42N2O3. The second-order valence-corrected chi connectivity index (χ2v) is 13.5. The second kappa shape index (κ2) is 8.56. The summed E-state index contributed by atoms with van der Waals surface area (Å²) in [4.78, 5) is 41.5. The first-order chi connectivity index (χ1) is 16.8. The Morgan fingerprint density at radius 2 is 1.78 bits per heavy atom. The predicted molar refractivity (Wildman–Crippen MR) is 141 cm³/mol. The van der Waals surface area contributed by atoms with Crippen LogP contribution in [0.1, 0.15) is 89.1 Å². The van der Waals surface area contributed by atoms with Gasteiger partial charge in [0.15, 0.2) is 0 Å². The Kier molecular flexibility index (Phi) is 6.00. The number of carbonyl (C=O) groups is 3. The monoisotopic (exact) mass is 490 g/mol. The zero-order chi connectivity index (χ0) is 26.0. The average molecular weight is 491 g/mol. The Morgan fingerprint density at radius 3 is 2.47 bits per heavy atom. The quantitative estimate of drug-likeness (QED) is 0.543. The van der Waals surface area contributed by atoms with E-state index in [2.05, 4.69) is 46.0 Å². The number of hydrogen-bond acceptors (Lipinski definition) is 3. The molecule has 4 aliphatic rings. The van der Waals surface area contributed by atoms with Crippen LogP contribution in [-0.4, -0.2) is 34.2 Å². The number of nitrogens with zero attached hydrogens (tertiary/aromatic N) is 1. The molecule has 194 valence electrons. The third-order valence-corrected chi connectivity index (χ3v) is 10.2. The van der Waals surface area contributed by atoms with E-state index in [1.807, 2.05) is 31.2 Å². The molecule has 1 heterocycles. The van der Waals surface area contributed by atoms with E-state index >= 15 is 0 Å². The summed E-state index contributed by atoms with van der Waals surface area (Å²) in [5, 5.41) is 3.25. The summed E-state index contributed by atoms with van der Waals surface area (Å²) in [6, 6.07) is 7.44. The molecule has 4 unspecified atom stereocenters. The molecule has 3 amide bonds. The van der Waals surface area contributed by atoms with E-state index in [0.29, 0.717) is 23.3 Å². The number of aryl methyl sites for hydroxylation is 1. The van der Waals surface area contributed by atoms with Crippen LogP contribution in [0.2, 0.25) is 0 Å². The van der Waals surface area contributed by atoms with E-state index in [-0.39, 0.29) is 46.1 Å². The number of amides is 3. The number of carbonyl (C=O) groups excluding carboxylic acids is 3. The molecule has 0 saturated heterocycles. The summed E-state index contributed by atoms with van der Waals surface area (Å²) >= 11 is 0. The number of nitrogens with one attached hydrogen (secondary N) is 1. The van der Waals surface area contributed by atoms with Gasteiger partial charge in [0.25, 0.3) is 11.8 Å². The van der Waals surface area contributed by atoms with Crippen LogP contribution in [0.15, 0.2) is 36.4 Å². The second-order valence-electron chi connectivity index (χ2n) is 13.5. The molecule has 1 aliphatic heterocycles. The summed E-state index contributed by atoms with van der Waals surface area (Å²) in [7, 11) is 0. The highest BCUT2D eigenvalue weighted by Gasteiger charge is 2.62. The van der Waals surface area contributed by atoms with Gasteiger partial charge in [0.1, 0.15) is 0 Å². The molecule has 1 N–H and O–H groups in total. The van der Waals surface area contributed by atoms with Crippen LogP contribution in [0, 0.1) is 41.4 Å². The highest BCUT2D eigenvalue weighted by atomic mass is 16.2. The number of fused-ring (bicyclic) bond motifs is 5. The van der Waals surface area contributed by atoms with Crippen molar-refractivity contribution in [3.05, 3.63) is 47.5 Å². The maximum absolute atomic E-state index is 13.6. The number of rotatable bonds is 2. The van der Waals surface area contributed by atoms with Gasteiger partial charge in [0.2, 0.25) is 5.91 Å². The van der Waals surface area contributed by atoms with E-state index in [1.165, 1.54) is 0 Å². The Morgan fingerprint density at radius 1 is 1.03 bits per heavy atom. The first-order valence-corrected chi connectivity index (χ1v) is 13.8. The van der Waals surface area contributed by atoms with E-state index in [9.17, 15) is 14.4 Å². The van der Waals surface area contributed by atoms with E-state index < -0.39 is 0 Å². The lowest BCUT2D eigenvalue weighted by Crippen LogP contribution is -2.62. The number of benzene rings is 1. The molecule has 3 fully saturated rings. The third-order valence-electron chi connectivity index (χ3n) is 10.2. The molecule has 1 aromatic carbocycles. The van der Waals surface area contributed by atoms with Crippen LogP contribution >= 0.6 is 0 Å². The Bertz CT molecular complexity index is 1120. The van der Waals surface area contributed by atoms with Gasteiger partial charge in [-0.25, -0.2) is 0 Å². The van der Waals surface area contributed by atoms with Crippen LogP contribution in [0.3, 0.4) is 0 Å². The molecule has 7 atom stereocenters. The lowest BCUT2D eigenvalue weighted by Gasteiger charge is -2.60. The maximum Gasteiger partial charge on any atom is 0.261 e. The van der Waals surface area contributed by atoms with Gasteiger partial charge in [-0.3, -0.25) is 19.3 Å². The first kappa shape index (κ1) is 25.2. The van der Waals surface area contributed by atoms with E-state index in [1.54, 1.807) is 11.0 Å². The minimum Gasteiger partial charge on any atom is -0.351 e. The SMILES string of the molecule is Cc1cccc(C(=O)N2C(=O)C=C[C@]3(C)C4CC[C@]5(C)C(C(=O)NC(C)(C)C)CCC5C4CC[C@@H]23)c1. The van der Waals surface area contributed by atoms with Crippen LogP contribution in [0.25, 0.3) is 0 Å². The fourth-order valence-electron chi connectivity index (χ4n) is 8.54. The molecule has 1 aromatic rings. The summed E-state index contributed by atoms with van der Waals surface area (Å²) in [6.07, 6.45) is 9.72. The highest BCUT2D eigenvalue weighted by Crippen LogP contribution is 2.65. The first-order valence-electron chi connectivity index (χ1n) is 13.8. The molecule has 5 heteroatoms. The number of imide groups is 1.